The normalized spacial score (nSPS) is 11.0. The van der Waals surface area contributed by atoms with Crippen LogP contribution in [0, 0.1) is 11.3 Å². The van der Waals surface area contributed by atoms with Gasteiger partial charge >= 0.3 is 5.97 Å². The summed E-state index contributed by atoms with van der Waals surface area (Å²) in [5, 5.41) is 8.64. The van der Waals surface area contributed by atoms with Crippen LogP contribution in [-0.4, -0.2) is 28.7 Å². The van der Waals surface area contributed by atoms with Gasteiger partial charge in [-0.15, -0.1) is 0 Å². The summed E-state index contributed by atoms with van der Waals surface area (Å²) in [4.78, 5) is 17.2. The van der Waals surface area contributed by atoms with Crippen molar-refractivity contribution >= 4 is 17.6 Å². The lowest BCUT2D eigenvalue weighted by atomic mass is 10.1. The third-order valence-electron chi connectivity index (χ3n) is 4.52. The van der Waals surface area contributed by atoms with Gasteiger partial charge in [0, 0.05) is 25.4 Å². The number of benzene rings is 2. The topological polar surface area (TPSA) is 77.1 Å². The third kappa shape index (κ3) is 6.31. The Hall–Kier alpha value is -3.85. The standard InChI is InChI=1S/C25H25N3O3/c1-2-30-25(29)23(18-21-11-8-12-22(17-21)31-16-7-6-13-26)24-27-14-15-28(24)19-20-9-4-3-5-10-20/h3-5,8-12,14-15,17-18H,2,6-7,16,19H2,1H3/b23-18+. The number of carbonyl (C=O) groups excluding carboxylic acids is 1. The average Bonchev–Trinajstić information content (AvgIpc) is 3.24. The minimum Gasteiger partial charge on any atom is -0.494 e. The van der Waals surface area contributed by atoms with Crippen LogP contribution in [0.5, 0.6) is 5.75 Å². The van der Waals surface area contributed by atoms with Crippen molar-refractivity contribution in [3.8, 4) is 11.8 Å². The highest BCUT2D eigenvalue weighted by Crippen LogP contribution is 2.22. The number of nitriles is 1. The van der Waals surface area contributed by atoms with Crippen LogP contribution in [0.4, 0.5) is 0 Å². The van der Waals surface area contributed by atoms with E-state index < -0.39 is 5.97 Å². The summed E-state index contributed by atoms with van der Waals surface area (Å²) >= 11 is 0. The molecule has 0 spiro atoms. The van der Waals surface area contributed by atoms with E-state index in [1.165, 1.54) is 0 Å². The number of hydrogen-bond acceptors (Lipinski definition) is 5. The van der Waals surface area contributed by atoms with E-state index in [0.717, 1.165) is 11.1 Å². The Balaban J connectivity index is 1.89. The lowest BCUT2D eigenvalue weighted by Gasteiger charge is -2.11. The first-order chi connectivity index (χ1) is 15.2. The lowest BCUT2D eigenvalue weighted by Crippen LogP contribution is -2.12. The summed E-state index contributed by atoms with van der Waals surface area (Å²) in [6.45, 7) is 3.11. The molecule has 0 amide bonds. The second-order valence-electron chi connectivity index (χ2n) is 6.83. The minimum atomic E-state index is -0.427. The number of unbranched alkanes of at least 4 members (excludes halogenated alkanes) is 1. The summed E-state index contributed by atoms with van der Waals surface area (Å²) in [5.41, 5.74) is 2.29. The molecule has 3 rings (SSSR count). The Bertz CT molecular complexity index is 1060. The first-order valence-corrected chi connectivity index (χ1v) is 10.3. The Morgan fingerprint density at radius 1 is 1.19 bits per heavy atom. The van der Waals surface area contributed by atoms with Gasteiger partial charge in [0.1, 0.15) is 17.1 Å². The Labute approximate surface area is 182 Å². The third-order valence-corrected chi connectivity index (χ3v) is 4.52. The molecule has 31 heavy (non-hydrogen) atoms. The summed E-state index contributed by atoms with van der Waals surface area (Å²) in [6, 6.07) is 19.6. The van der Waals surface area contributed by atoms with E-state index in [9.17, 15) is 4.79 Å². The Morgan fingerprint density at radius 3 is 2.81 bits per heavy atom. The van der Waals surface area contributed by atoms with Gasteiger partial charge in [-0.25, -0.2) is 9.78 Å². The van der Waals surface area contributed by atoms with Crippen LogP contribution in [0.1, 0.15) is 36.7 Å². The van der Waals surface area contributed by atoms with Gasteiger partial charge in [-0.05, 0) is 42.7 Å². The maximum Gasteiger partial charge on any atom is 0.341 e. The summed E-state index contributed by atoms with van der Waals surface area (Å²) in [7, 11) is 0. The van der Waals surface area contributed by atoms with Crippen molar-refractivity contribution in [2.24, 2.45) is 0 Å². The summed E-state index contributed by atoms with van der Waals surface area (Å²) < 4.78 is 13.0. The van der Waals surface area contributed by atoms with E-state index in [2.05, 4.69) is 11.1 Å². The average molecular weight is 415 g/mol. The Kier molecular flexibility index (Phi) is 8.01. The van der Waals surface area contributed by atoms with Crippen LogP contribution < -0.4 is 4.74 Å². The first-order valence-electron chi connectivity index (χ1n) is 10.3. The molecular weight excluding hydrogens is 390 g/mol. The smallest absolute Gasteiger partial charge is 0.341 e. The van der Waals surface area contributed by atoms with Crippen LogP contribution in [0.2, 0.25) is 0 Å². The molecule has 0 atom stereocenters. The summed E-state index contributed by atoms with van der Waals surface area (Å²) in [5.74, 6) is 0.800. The number of hydrogen-bond donors (Lipinski definition) is 0. The highest BCUT2D eigenvalue weighted by molar-refractivity contribution is 6.20. The molecule has 2 aromatic carbocycles. The maximum atomic E-state index is 12.8. The molecule has 6 heteroatoms. The molecule has 0 fully saturated rings. The molecule has 0 saturated heterocycles. The molecule has 0 aliphatic rings. The van der Waals surface area contributed by atoms with E-state index in [-0.39, 0.29) is 6.61 Å². The van der Waals surface area contributed by atoms with Crippen LogP contribution in [0.25, 0.3) is 11.6 Å². The van der Waals surface area contributed by atoms with Crippen molar-refractivity contribution in [2.45, 2.75) is 26.3 Å². The van der Waals surface area contributed by atoms with Gasteiger partial charge in [-0.3, -0.25) is 0 Å². The molecule has 0 aliphatic heterocycles. The number of aromatic nitrogens is 2. The molecule has 1 heterocycles. The second kappa shape index (κ2) is 11.4. The number of carbonyl (C=O) groups is 1. The van der Waals surface area contributed by atoms with Crippen LogP contribution in [-0.2, 0) is 16.1 Å². The fourth-order valence-electron chi connectivity index (χ4n) is 3.09. The SMILES string of the molecule is CCOC(=O)/C(=C/c1cccc(OCCCC#N)c1)c1nccn1Cc1ccccc1. The predicted molar refractivity (Wildman–Crippen MR) is 119 cm³/mol. The molecule has 6 nitrogen and oxygen atoms in total. The molecule has 0 bridgehead atoms. The minimum absolute atomic E-state index is 0.275. The highest BCUT2D eigenvalue weighted by Gasteiger charge is 2.19. The molecule has 0 radical (unpaired) electrons. The van der Waals surface area contributed by atoms with Gasteiger partial charge < -0.3 is 14.0 Å². The largest absolute Gasteiger partial charge is 0.494 e. The van der Waals surface area contributed by atoms with Crippen LogP contribution >= 0.6 is 0 Å². The number of esters is 1. The second-order valence-corrected chi connectivity index (χ2v) is 6.83. The van der Waals surface area contributed by atoms with Gasteiger partial charge in [0.2, 0.25) is 0 Å². The maximum absolute atomic E-state index is 12.8. The predicted octanol–water partition coefficient (Wildman–Crippen LogP) is 4.72. The van der Waals surface area contributed by atoms with Crippen molar-refractivity contribution in [1.82, 2.24) is 9.55 Å². The molecule has 0 aliphatic carbocycles. The molecular formula is C25H25N3O3. The van der Waals surface area contributed by atoms with E-state index in [1.807, 2.05) is 65.4 Å². The zero-order valence-electron chi connectivity index (χ0n) is 17.5. The van der Waals surface area contributed by atoms with Crippen LogP contribution in [0.15, 0.2) is 67.0 Å². The van der Waals surface area contributed by atoms with E-state index in [1.54, 1.807) is 19.2 Å². The van der Waals surface area contributed by atoms with Gasteiger partial charge in [-0.2, -0.15) is 5.26 Å². The van der Waals surface area contributed by atoms with E-state index >= 15 is 0 Å². The number of ether oxygens (including phenoxy) is 2. The van der Waals surface area contributed by atoms with Gasteiger partial charge in [0.25, 0.3) is 0 Å². The highest BCUT2D eigenvalue weighted by atomic mass is 16.5. The van der Waals surface area contributed by atoms with Gasteiger partial charge in [0.15, 0.2) is 0 Å². The number of nitrogens with zero attached hydrogens (tertiary/aromatic N) is 3. The van der Waals surface area contributed by atoms with E-state index in [4.69, 9.17) is 14.7 Å². The molecule has 3 aromatic rings. The van der Waals surface area contributed by atoms with Crippen molar-refractivity contribution < 1.29 is 14.3 Å². The fourth-order valence-corrected chi connectivity index (χ4v) is 3.09. The number of rotatable bonds is 10. The fraction of sp³-hybridized carbons (Fsp3) is 0.240. The van der Waals surface area contributed by atoms with Gasteiger partial charge in [0.05, 0.1) is 19.3 Å². The van der Waals surface area contributed by atoms with Gasteiger partial charge in [-0.1, -0.05) is 42.5 Å². The molecule has 0 saturated carbocycles. The molecule has 1 aromatic heterocycles. The number of imidazole rings is 1. The molecule has 0 unspecified atom stereocenters. The van der Waals surface area contributed by atoms with Crippen molar-refractivity contribution in [1.29, 1.82) is 5.26 Å². The van der Waals surface area contributed by atoms with Crippen LogP contribution in [0.3, 0.4) is 0 Å². The van der Waals surface area contributed by atoms with Crippen molar-refractivity contribution in [3.63, 3.8) is 0 Å². The lowest BCUT2D eigenvalue weighted by molar-refractivity contribution is -0.136. The summed E-state index contributed by atoms with van der Waals surface area (Å²) in [6.07, 6.45) is 6.42. The molecule has 0 N–H and O–H groups in total. The zero-order chi connectivity index (χ0) is 21.9. The van der Waals surface area contributed by atoms with Crippen molar-refractivity contribution in [3.05, 3.63) is 83.9 Å². The Morgan fingerprint density at radius 2 is 2.03 bits per heavy atom. The monoisotopic (exact) mass is 415 g/mol. The van der Waals surface area contributed by atoms with E-state index in [0.29, 0.717) is 43.1 Å². The molecule has 158 valence electrons. The van der Waals surface area contributed by atoms with Crippen molar-refractivity contribution in [2.75, 3.05) is 13.2 Å². The quantitative estimate of drug-likeness (QED) is 0.272. The zero-order valence-corrected chi connectivity index (χ0v) is 17.5. The first kappa shape index (κ1) is 21.8.